The van der Waals surface area contributed by atoms with Crippen molar-refractivity contribution >= 4 is 40.0 Å². The van der Waals surface area contributed by atoms with Crippen molar-refractivity contribution in [2.75, 3.05) is 5.32 Å². The molecular weight excluding hydrogens is 390 g/mol. The molecule has 0 radical (unpaired) electrons. The quantitative estimate of drug-likeness (QED) is 0.472. The molecule has 0 aliphatic carbocycles. The number of halogens is 1. The van der Waals surface area contributed by atoms with Gasteiger partial charge in [-0.25, -0.2) is 9.97 Å². The first-order valence-corrected chi connectivity index (χ1v) is 9.35. The Kier molecular flexibility index (Phi) is 3.92. The lowest BCUT2D eigenvalue weighted by Crippen LogP contribution is -2.13. The van der Waals surface area contributed by atoms with Gasteiger partial charge in [-0.1, -0.05) is 11.6 Å². The van der Waals surface area contributed by atoms with Crippen LogP contribution in [0.25, 0.3) is 28.0 Å². The Morgan fingerprint density at radius 1 is 1.21 bits per heavy atom. The number of imidazole rings is 2. The van der Waals surface area contributed by atoms with Crippen molar-refractivity contribution in [2.45, 2.75) is 6.92 Å². The zero-order valence-corrected chi connectivity index (χ0v) is 16.4. The van der Waals surface area contributed by atoms with Crippen LogP contribution < -0.4 is 5.32 Å². The van der Waals surface area contributed by atoms with Gasteiger partial charge in [-0.2, -0.15) is 0 Å². The average Bonchev–Trinajstić information content (AvgIpc) is 3.42. The van der Waals surface area contributed by atoms with Gasteiger partial charge in [0.15, 0.2) is 11.4 Å². The third kappa shape index (κ3) is 2.87. The summed E-state index contributed by atoms with van der Waals surface area (Å²) in [7, 11) is 1.94. The van der Waals surface area contributed by atoms with Crippen LogP contribution in [-0.4, -0.2) is 24.8 Å². The van der Waals surface area contributed by atoms with Crippen molar-refractivity contribution in [3.63, 3.8) is 0 Å². The lowest BCUT2D eigenvalue weighted by molar-refractivity contribution is 0.0997. The van der Waals surface area contributed by atoms with Crippen LogP contribution in [-0.2, 0) is 7.05 Å². The standard InChI is InChI=1S/C21H16ClN5O2/c1-12-19(27-9-3-4-14(22)20(27)24-12)25-21(28)18-8-7-17(29-18)13-5-6-16-15(10-13)23-11-26(16)2/h3-11H,1-2H3,(H,25,28). The van der Waals surface area contributed by atoms with E-state index in [1.165, 1.54) is 0 Å². The van der Waals surface area contributed by atoms with E-state index in [0.29, 0.717) is 27.9 Å². The second-order valence-electron chi connectivity index (χ2n) is 6.77. The maximum absolute atomic E-state index is 12.8. The number of nitrogens with one attached hydrogen (secondary N) is 1. The fourth-order valence-corrected chi connectivity index (χ4v) is 3.58. The molecule has 1 N–H and O–H groups in total. The van der Waals surface area contributed by atoms with Crippen molar-refractivity contribution in [2.24, 2.45) is 7.05 Å². The number of pyridine rings is 1. The minimum Gasteiger partial charge on any atom is -0.451 e. The zero-order chi connectivity index (χ0) is 20.1. The fraction of sp³-hybridized carbons (Fsp3) is 0.0952. The molecule has 0 saturated carbocycles. The molecule has 0 atom stereocenters. The van der Waals surface area contributed by atoms with E-state index in [1.807, 2.05) is 36.7 Å². The minimum absolute atomic E-state index is 0.206. The third-order valence-corrected chi connectivity index (χ3v) is 5.14. The summed E-state index contributed by atoms with van der Waals surface area (Å²) in [6.07, 6.45) is 3.56. The van der Waals surface area contributed by atoms with E-state index in [9.17, 15) is 4.79 Å². The third-order valence-electron chi connectivity index (χ3n) is 4.85. The van der Waals surface area contributed by atoms with E-state index in [4.69, 9.17) is 16.0 Å². The van der Waals surface area contributed by atoms with Gasteiger partial charge in [0.2, 0.25) is 0 Å². The molecule has 0 fully saturated rings. The SMILES string of the molecule is Cc1nc2c(Cl)cccn2c1NC(=O)c1ccc(-c2ccc3c(c2)ncn3C)o1. The maximum Gasteiger partial charge on any atom is 0.292 e. The number of aryl methyl sites for hydroxylation is 2. The van der Waals surface area contributed by atoms with E-state index in [-0.39, 0.29) is 11.7 Å². The number of rotatable bonds is 3. The van der Waals surface area contributed by atoms with E-state index < -0.39 is 0 Å². The summed E-state index contributed by atoms with van der Waals surface area (Å²) in [4.78, 5) is 21.5. The highest BCUT2D eigenvalue weighted by Gasteiger charge is 2.18. The molecular formula is C21H16ClN5O2. The zero-order valence-electron chi connectivity index (χ0n) is 15.7. The normalized spacial score (nSPS) is 11.4. The van der Waals surface area contributed by atoms with Crippen molar-refractivity contribution in [3.05, 3.63) is 71.5 Å². The monoisotopic (exact) mass is 405 g/mol. The van der Waals surface area contributed by atoms with E-state index in [1.54, 1.807) is 41.2 Å². The first kappa shape index (κ1) is 17.5. The highest BCUT2D eigenvalue weighted by atomic mass is 35.5. The number of carbonyl (C=O) groups is 1. The Morgan fingerprint density at radius 3 is 2.93 bits per heavy atom. The number of amides is 1. The first-order chi connectivity index (χ1) is 14.0. The van der Waals surface area contributed by atoms with Gasteiger partial charge >= 0.3 is 0 Å². The maximum atomic E-state index is 12.8. The Hall–Kier alpha value is -3.58. The molecule has 1 aromatic carbocycles. The molecule has 4 aromatic heterocycles. The minimum atomic E-state index is -0.361. The van der Waals surface area contributed by atoms with Gasteiger partial charge in [-0.3, -0.25) is 9.20 Å². The van der Waals surface area contributed by atoms with Gasteiger partial charge in [-0.05, 0) is 49.4 Å². The van der Waals surface area contributed by atoms with Crippen LogP contribution in [0.15, 0.2) is 59.4 Å². The molecule has 0 aliphatic rings. The Bertz CT molecular complexity index is 1400. The number of carbonyl (C=O) groups excluding carboxylic acids is 1. The van der Waals surface area contributed by atoms with Crippen LogP contribution in [0, 0.1) is 6.92 Å². The molecule has 4 heterocycles. The average molecular weight is 406 g/mol. The molecule has 0 saturated heterocycles. The summed E-state index contributed by atoms with van der Waals surface area (Å²) in [5, 5.41) is 3.38. The van der Waals surface area contributed by atoms with Gasteiger partial charge in [0.25, 0.3) is 5.91 Å². The lowest BCUT2D eigenvalue weighted by atomic mass is 10.1. The van der Waals surface area contributed by atoms with Gasteiger partial charge in [-0.15, -0.1) is 0 Å². The highest BCUT2D eigenvalue weighted by Crippen LogP contribution is 2.27. The summed E-state index contributed by atoms with van der Waals surface area (Å²) >= 11 is 6.19. The van der Waals surface area contributed by atoms with E-state index >= 15 is 0 Å². The molecule has 1 amide bonds. The molecule has 0 aliphatic heterocycles. The molecule has 29 heavy (non-hydrogen) atoms. The summed E-state index contributed by atoms with van der Waals surface area (Å²) in [6.45, 7) is 1.81. The number of hydrogen-bond donors (Lipinski definition) is 1. The molecule has 5 aromatic rings. The number of furan rings is 1. The molecule has 0 unspecified atom stereocenters. The lowest BCUT2D eigenvalue weighted by Gasteiger charge is -2.05. The van der Waals surface area contributed by atoms with Gasteiger partial charge in [0.05, 0.1) is 28.1 Å². The van der Waals surface area contributed by atoms with Crippen molar-refractivity contribution in [3.8, 4) is 11.3 Å². The molecule has 8 heteroatoms. The summed E-state index contributed by atoms with van der Waals surface area (Å²) in [5.74, 6) is 0.999. The summed E-state index contributed by atoms with van der Waals surface area (Å²) < 4.78 is 9.50. The number of fused-ring (bicyclic) bond motifs is 2. The van der Waals surface area contributed by atoms with Crippen LogP contribution in [0.5, 0.6) is 0 Å². The van der Waals surface area contributed by atoms with E-state index in [0.717, 1.165) is 16.6 Å². The predicted octanol–water partition coefficient (Wildman–Crippen LogP) is 4.70. The molecule has 144 valence electrons. The van der Waals surface area contributed by atoms with E-state index in [2.05, 4.69) is 15.3 Å². The number of aromatic nitrogens is 4. The number of nitrogens with zero attached hydrogens (tertiary/aromatic N) is 4. The number of benzene rings is 1. The van der Waals surface area contributed by atoms with Crippen LogP contribution >= 0.6 is 11.6 Å². The van der Waals surface area contributed by atoms with Crippen molar-refractivity contribution in [1.29, 1.82) is 0 Å². The van der Waals surface area contributed by atoms with Gasteiger partial charge < -0.3 is 14.3 Å². The Morgan fingerprint density at radius 2 is 2.07 bits per heavy atom. The van der Waals surface area contributed by atoms with Crippen LogP contribution in [0.4, 0.5) is 5.82 Å². The molecule has 5 rings (SSSR count). The molecule has 0 bridgehead atoms. The van der Waals surface area contributed by atoms with Crippen LogP contribution in [0.2, 0.25) is 5.02 Å². The van der Waals surface area contributed by atoms with Crippen molar-refractivity contribution < 1.29 is 9.21 Å². The second-order valence-corrected chi connectivity index (χ2v) is 7.18. The Balaban J connectivity index is 1.45. The predicted molar refractivity (Wildman–Crippen MR) is 111 cm³/mol. The highest BCUT2D eigenvalue weighted by molar-refractivity contribution is 6.33. The van der Waals surface area contributed by atoms with Crippen molar-refractivity contribution in [1.82, 2.24) is 18.9 Å². The fourth-order valence-electron chi connectivity index (χ4n) is 3.37. The van der Waals surface area contributed by atoms with Crippen LogP contribution in [0.3, 0.4) is 0 Å². The summed E-state index contributed by atoms with van der Waals surface area (Å²) in [6, 6.07) is 12.8. The summed E-state index contributed by atoms with van der Waals surface area (Å²) in [5.41, 5.74) is 4.00. The molecule has 7 nitrogen and oxygen atoms in total. The second kappa shape index (κ2) is 6.49. The molecule has 0 spiro atoms. The van der Waals surface area contributed by atoms with Gasteiger partial charge in [0, 0.05) is 18.8 Å². The Labute approximate surface area is 170 Å². The smallest absolute Gasteiger partial charge is 0.292 e. The first-order valence-electron chi connectivity index (χ1n) is 8.97. The number of hydrogen-bond acceptors (Lipinski definition) is 4. The number of anilines is 1. The van der Waals surface area contributed by atoms with Crippen LogP contribution in [0.1, 0.15) is 16.2 Å². The largest absolute Gasteiger partial charge is 0.451 e. The topological polar surface area (TPSA) is 77.4 Å². The van der Waals surface area contributed by atoms with Gasteiger partial charge in [0.1, 0.15) is 11.6 Å².